The maximum absolute atomic E-state index is 11.9. The second-order valence-corrected chi connectivity index (χ2v) is 8.02. The third kappa shape index (κ3) is 17.9. The predicted molar refractivity (Wildman–Crippen MR) is 116 cm³/mol. The van der Waals surface area contributed by atoms with Gasteiger partial charge < -0.3 is 34.1 Å². The molecule has 1 amide bonds. The van der Waals surface area contributed by atoms with Gasteiger partial charge in [0, 0.05) is 33.9 Å². The molecule has 10 nitrogen and oxygen atoms in total. The summed E-state index contributed by atoms with van der Waals surface area (Å²) in [5, 5.41) is 12.4. The molecule has 0 aliphatic carbocycles. The number of carbonyl (C=O) groups is 2. The van der Waals surface area contributed by atoms with Crippen LogP contribution in [-0.4, -0.2) is 107 Å². The number of nitrogens with zero attached hydrogens (tertiary/aromatic N) is 1. The Morgan fingerprint density at radius 3 is 1.90 bits per heavy atom. The number of alkyl carbamates (subject to hydrolysis) is 1. The van der Waals surface area contributed by atoms with Gasteiger partial charge in [-0.25, -0.2) is 4.79 Å². The lowest BCUT2D eigenvalue weighted by molar-refractivity contribution is -0.144. The van der Waals surface area contributed by atoms with Gasteiger partial charge in [-0.05, 0) is 40.0 Å². The van der Waals surface area contributed by atoms with Crippen LogP contribution in [0, 0.1) is 0 Å². The Labute approximate surface area is 186 Å². The van der Waals surface area contributed by atoms with Gasteiger partial charge in [-0.15, -0.1) is 0 Å². The Morgan fingerprint density at radius 1 is 0.903 bits per heavy atom. The van der Waals surface area contributed by atoms with Crippen molar-refractivity contribution in [1.82, 2.24) is 10.2 Å². The molecule has 0 aromatic carbocycles. The first-order chi connectivity index (χ1) is 14.7. The molecule has 0 bridgehead atoms. The van der Waals surface area contributed by atoms with Gasteiger partial charge in [0.15, 0.2) is 0 Å². The minimum absolute atomic E-state index is 0.408. The smallest absolute Gasteiger partial charge is 0.407 e. The summed E-state index contributed by atoms with van der Waals surface area (Å²) in [5.74, 6) is -0.881. The van der Waals surface area contributed by atoms with Crippen molar-refractivity contribution in [2.24, 2.45) is 0 Å². The topological polar surface area (TPSA) is 116 Å². The zero-order chi connectivity index (χ0) is 23.5. The SMILES string of the molecule is COCCOCCN(CCOCCOC)C(CCCCNC(=O)OC(C)(C)C)C(=O)O. The minimum atomic E-state index is -0.881. The molecular formula is C21H42N2O8. The quantitative estimate of drug-likeness (QED) is 0.284. The van der Waals surface area contributed by atoms with E-state index in [2.05, 4.69) is 5.32 Å². The molecule has 10 heteroatoms. The number of hydrogen-bond donors (Lipinski definition) is 2. The number of ether oxygens (including phenoxy) is 5. The molecule has 0 saturated carbocycles. The van der Waals surface area contributed by atoms with Crippen molar-refractivity contribution in [1.29, 1.82) is 0 Å². The fourth-order valence-electron chi connectivity index (χ4n) is 2.71. The van der Waals surface area contributed by atoms with Crippen molar-refractivity contribution in [2.45, 2.75) is 51.7 Å². The summed E-state index contributed by atoms with van der Waals surface area (Å²) in [6.45, 7) is 9.52. The van der Waals surface area contributed by atoms with Gasteiger partial charge in [0.1, 0.15) is 11.6 Å². The highest BCUT2D eigenvalue weighted by atomic mass is 16.6. The summed E-state index contributed by atoms with van der Waals surface area (Å²) in [6.07, 6.45) is 1.30. The van der Waals surface area contributed by atoms with E-state index in [4.69, 9.17) is 23.7 Å². The normalized spacial score (nSPS) is 12.7. The van der Waals surface area contributed by atoms with E-state index in [9.17, 15) is 14.7 Å². The Balaban J connectivity index is 4.50. The van der Waals surface area contributed by atoms with Crippen LogP contribution in [0.1, 0.15) is 40.0 Å². The van der Waals surface area contributed by atoms with Crippen LogP contribution in [-0.2, 0) is 28.5 Å². The van der Waals surface area contributed by atoms with Crippen LogP contribution in [0.2, 0.25) is 0 Å². The molecule has 0 heterocycles. The fraction of sp³-hybridized carbons (Fsp3) is 0.905. The van der Waals surface area contributed by atoms with Crippen LogP contribution in [0.4, 0.5) is 4.79 Å². The molecule has 0 aromatic heterocycles. The maximum Gasteiger partial charge on any atom is 0.407 e. The number of unbranched alkanes of at least 4 members (excludes halogenated alkanes) is 1. The van der Waals surface area contributed by atoms with Gasteiger partial charge in [-0.2, -0.15) is 0 Å². The second-order valence-electron chi connectivity index (χ2n) is 8.02. The first-order valence-corrected chi connectivity index (χ1v) is 10.8. The van der Waals surface area contributed by atoms with Crippen LogP contribution in [0.25, 0.3) is 0 Å². The molecule has 0 aromatic rings. The Bertz CT molecular complexity index is 457. The monoisotopic (exact) mass is 450 g/mol. The average Bonchev–Trinajstić information content (AvgIpc) is 2.67. The molecule has 0 rings (SSSR count). The van der Waals surface area contributed by atoms with E-state index < -0.39 is 23.7 Å². The highest BCUT2D eigenvalue weighted by Crippen LogP contribution is 2.10. The van der Waals surface area contributed by atoms with E-state index in [1.807, 2.05) is 4.90 Å². The van der Waals surface area contributed by atoms with E-state index in [1.165, 1.54) is 0 Å². The number of amides is 1. The standard InChI is InChI=1S/C21H42N2O8/c1-21(2,3)31-20(26)22-9-7-6-8-18(19(24)25)23(10-12-29-16-14-27-4)11-13-30-17-15-28-5/h18H,6-17H2,1-5H3,(H,22,26)(H,24,25). The third-order valence-corrected chi connectivity index (χ3v) is 4.21. The first-order valence-electron chi connectivity index (χ1n) is 10.8. The van der Waals surface area contributed by atoms with Gasteiger partial charge in [0.05, 0.1) is 39.6 Å². The van der Waals surface area contributed by atoms with Crippen LogP contribution < -0.4 is 5.32 Å². The number of nitrogens with one attached hydrogen (secondary N) is 1. The van der Waals surface area contributed by atoms with Crippen LogP contribution in [0.3, 0.4) is 0 Å². The Hall–Kier alpha value is -1.46. The molecule has 0 spiro atoms. The van der Waals surface area contributed by atoms with E-state index in [0.717, 1.165) is 0 Å². The zero-order valence-corrected chi connectivity index (χ0v) is 19.8. The van der Waals surface area contributed by atoms with Crippen molar-refractivity contribution < 1.29 is 38.4 Å². The van der Waals surface area contributed by atoms with Crippen molar-refractivity contribution in [3.05, 3.63) is 0 Å². The molecule has 0 fully saturated rings. The highest BCUT2D eigenvalue weighted by molar-refractivity contribution is 5.73. The van der Waals surface area contributed by atoms with Gasteiger partial charge in [-0.1, -0.05) is 0 Å². The molecule has 1 atom stereocenters. The van der Waals surface area contributed by atoms with Crippen LogP contribution in [0.15, 0.2) is 0 Å². The van der Waals surface area contributed by atoms with E-state index in [-0.39, 0.29) is 0 Å². The molecule has 0 radical (unpaired) electrons. The molecular weight excluding hydrogens is 408 g/mol. The lowest BCUT2D eigenvalue weighted by atomic mass is 10.1. The molecule has 0 aliphatic heterocycles. The van der Waals surface area contributed by atoms with Gasteiger partial charge in [0.2, 0.25) is 0 Å². The number of hydrogen-bond acceptors (Lipinski definition) is 8. The van der Waals surface area contributed by atoms with E-state index in [0.29, 0.717) is 78.5 Å². The predicted octanol–water partition coefficient (Wildman–Crippen LogP) is 1.76. The molecule has 0 aliphatic rings. The average molecular weight is 451 g/mol. The van der Waals surface area contributed by atoms with Crippen LogP contribution in [0.5, 0.6) is 0 Å². The second kappa shape index (κ2) is 18.1. The van der Waals surface area contributed by atoms with Gasteiger partial charge >= 0.3 is 12.1 Å². The summed E-state index contributed by atoms with van der Waals surface area (Å²) in [4.78, 5) is 25.4. The summed E-state index contributed by atoms with van der Waals surface area (Å²) in [5.41, 5.74) is -0.546. The lowest BCUT2D eigenvalue weighted by Gasteiger charge is -2.29. The van der Waals surface area contributed by atoms with Gasteiger partial charge in [-0.3, -0.25) is 9.69 Å². The molecule has 2 N–H and O–H groups in total. The van der Waals surface area contributed by atoms with Crippen LogP contribution >= 0.6 is 0 Å². The number of carboxylic acid groups (broad SMARTS) is 1. The zero-order valence-electron chi connectivity index (χ0n) is 19.8. The first kappa shape index (κ1) is 29.5. The number of methoxy groups -OCH3 is 2. The Kier molecular flexibility index (Phi) is 17.3. The summed E-state index contributed by atoms with van der Waals surface area (Å²) >= 11 is 0. The number of aliphatic carboxylic acids is 1. The highest BCUT2D eigenvalue weighted by Gasteiger charge is 2.25. The van der Waals surface area contributed by atoms with Crippen molar-refractivity contribution in [3.63, 3.8) is 0 Å². The summed E-state index contributed by atoms with van der Waals surface area (Å²) < 4.78 is 26.1. The molecule has 31 heavy (non-hydrogen) atoms. The fourth-order valence-corrected chi connectivity index (χ4v) is 2.71. The lowest BCUT2D eigenvalue weighted by Crippen LogP contribution is -2.45. The largest absolute Gasteiger partial charge is 0.480 e. The van der Waals surface area contributed by atoms with E-state index in [1.54, 1.807) is 35.0 Å². The van der Waals surface area contributed by atoms with Crippen molar-refractivity contribution in [3.8, 4) is 0 Å². The van der Waals surface area contributed by atoms with Crippen molar-refractivity contribution in [2.75, 3.05) is 73.5 Å². The van der Waals surface area contributed by atoms with Gasteiger partial charge in [0.25, 0.3) is 0 Å². The van der Waals surface area contributed by atoms with E-state index >= 15 is 0 Å². The number of carboxylic acids is 1. The maximum atomic E-state index is 11.9. The Morgan fingerprint density at radius 2 is 1.45 bits per heavy atom. The molecule has 0 saturated heterocycles. The molecule has 1 unspecified atom stereocenters. The minimum Gasteiger partial charge on any atom is -0.480 e. The van der Waals surface area contributed by atoms with Crippen molar-refractivity contribution >= 4 is 12.1 Å². The number of rotatable bonds is 19. The third-order valence-electron chi connectivity index (χ3n) is 4.21. The summed E-state index contributed by atoms with van der Waals surface area (Å²) in [6, 6.07) is -0.654. The molecule has 184 valence electrons. The number of carbonyl (C=O) groups excluding carboxylic acids is 1. The summed E-state index contributed by atoms with van der Waals surface area (Å²) in [7, 11) is 3.20.